The van der Waals surface area contributed by atoms with Gasteiger partial charge in [0, 0.05) is 13.7 Å². The van der Waals surface area contributed by atoms with Crippen LogP contribution < -0.4 is 15.8 Å². The molecule has 6 nitrogen and oxygen atoms in total. The Bertz CT molecular complexity index is 511. The van der Waals surface area contributed by atoms with Gasteiger partial charge in [-0.05, 0) is 43.6 Å². The van der Waals surface area contributed by atoms with Gasteiger partial charge in [0.05, 0.1) is 19.8 Å². The Morgan fingerprint density at radius 2 is 1.77 bits per heavy atom. The second-order valence-electron chi connectivity index (χ2n) is 6.19. The predicted octanol–water partition coefficient (Wildman–Crippen LogP) is 2.16. The van der Waals surface area contributed by atoms with Gasteiger partial charge in [0.1, 0.15) is 11.8 Å². The topological polar surface area (TPSA) is 76.8 Å². The zero-order chi connectivity index (χ0) is 17.4. The highest BCUT2D eigenvalue weighted by atomic mass is 35.5. The number of nitrogens with two attached hydrogens (primary N) is 1. The van der Waals surface area contributed by atoms with E-state index in [1.807, 2.05) is 12.1 Å². The molecule has 26 heavy (non-hydrogen) atoms. The zero-order valence-corrected chi connectivity index (χ0v) is 17.1. The van der Waals surface area contributed by atoms with Crippen molar-refractivity contribution in [3.8, 4) is 5.75 Å². The third-order valence-electron chi connectivity index (χ3n) is 4.48. The van der Waals surface area contributed by atoms with Crippen molar-refractivity contribution >= 4 is 30.7 Å². The number of carbonyl (C=O) groups is 1. The van der Waals surface area contributed by atoms with Gasteiger partial charge in [-0.25, -0.2) is 0 Å². The van der Waals surface area contributed by atoms with Gasteiger partial charge in [-0.3, -0.25) is 9.69 Å². The number of likely N-dealkylation sites (tertiary alicyclic amines) is 1. The van der Waals surface area contributed by atoms with Gasteiger partial charge in [0.2, 0.25) is 5.91 Å². The number of hydrogen-bond acceptors (Lipinski definition) is 5. The van der Waals surface area contributed by atoms with Crippen molar-refractivity contribution in [2.75, 3.05) is 40.5 Å². The third kappa shape index (κ3) is 7.29. The standard InChI is InChI=1S/C18H29N3O3.2ClH/c1-23-13-16(19)18(22)20-12-17(21-10-4-3-5-11-21)14-6-8-15(24-2)9-7-14;;/h6-9,16-17H,3-5,10-13,19H2,1-2H3,(H,20,22);2*1H. The molecule has 0 spiro atoms. The largest absolute Gasteiger partial charge is 0.497 e. The van der Waals surface area contributed by atoms with Gasteiger partial charge < -0.3 is 20.5 Å². The highest BCUT2D eigenvalue weighted by molar-refractivity contribution is 5.85. The van der Waals surface area contributed by atoms with Crippen LogP contribution in [-0.2, 0) is 9.53 Å². The maximum Gasteiger partial charge on any atom is 0.239 e. The fourth-order valence-corrected chi connectivity index (χ4v) is 3.10. The Balaban J connectivity index is 0.00000312. The second-order valence-corrected chi connectivity index (χ2v) is 6.19. The lowest BCUT2D eigenvalue weighted by molar-refractivity contribution is -0.123. The van der Waals surface area contributed by atoms with Crippen LogP contribution in [0.2, 0.25) is 0 Å². The lowest BCUT2D eigenvalue weighted by Gasteiger charge is -2.35. The number of hydrogen-bond donors (Lipinski definition) is 2. The number of ether oxygens (including phenoxy) is 2. The number of nitrogens with one attached hydrogen (secondary N) is 1. The minimum atomic E-state index is -0.632. The Kier molecular flexibility index (Phi) is 12.6. The van der Waals surface area contributed by atoms with Gasteiger partial charge in [-0.15, -0.1) is 24.8 Å². The van der Waals surface area contributed by atoms with E-state index in [1.54, 1.807) is 14.2 Å². The van der Waals surface area contributed by atoms with Crippen LogP contribution in [0.4, 0.5) is 0 Å². The molecule has 1 fully saturated rings. The van der Waals surface area contributed by atoms with Gasteiger partial charge in [-0.1, -0.05) is 18.6 Å². The van der Waals surface area contributed by atoms with Crippen LogP contribution in [-0.4, -0.2) is 57.3 Å². The highest BCUT2D eigenvalue weighted by Gasteiger charge is 2.24. The molecule has 2 unspecified atom stereocenters. The molecule has 1 aliphatic rings. The number of methoxy groups -OCH3 is 2. The van der Waals surface area contributed by atoms with Crippen LogP contribution in [0.1, 0.15) is 30.9 Å². The fraction of sp³-hybridized carbons (Fsp3) is 0.611. The van der Waals surface area contributed by atoms with E-state index < -0.39 is 6.04 Å². The van der Waals surface area contributed by atoms with Crippen LogP contribution in [0.3, 0.4) is 0 Å². The molecule has 1 aromatic carbocycles. The summed E-state index contributed by atoms with van der Waals surface area (Å²) >= 11 is 0. The van der Waals surface area contributed by atoms with Crippen molar-refractivity contribution in [1.29, 1.82) is 0 Å². The van der Waals surface area contributed by atoms with Crippen LogP contribution in [0.25, 0.3) is 0 Å². The van der Waals surface area contributed by atoms with Gasteiger partial charge >= 0.3 is 0 Å². The number of carbonyl (C=O) groups excluding carboxylic acids is 1. The first-order valence-corrected chi connectivity index (χ1v) is 8.56. The Morgan fingerprint density at radius 1 is 1.15 bits per heavy atom. The molecule has 0 aromatic heterocycles. The van der Waals surface area contributed by atoms with E-state index in [2.05, 4.69) is 22.3 Å². The first-order valence-electron chi connectivity index (χ1n) is 8.56. The van der Waals surface area contributed by atoms with E-state index >= 15 is 0 Å². The smallest absolute Gasteiger partial charge is 0.239 e. The van der Waals surface area contributed by atoms with Crippen molar-refractivity contribution in [2.24, 2.45) is 5.73 Å². The molecule has 1 saturated heterocycles. The summed E-state index contributed by atoms with van der Waals surface area (Å²) in [7, 11) is 3.20. The average Bonchev–Trinajstić information content (AvgIpc) is 2.63. The summed E-state index contributed by atoms with van der Waals surface area (Å²) in [5.41, 5.74) is 6.98. The monoisotopic (exact) mass is 407 g/mol. The molecule has 2 atom stereocenters. The summed E-state index contributed by atoms with van der Waals surface area (Å²) < 4.78 is 10.2. The van der Waals surface area contributed by atoms with Crippen LogP contribution in [0, 0.1) is 0 Å². The van der Waals surface area contributed by atoms with Crippen LogP contribution in [0.15, 0.2) is 24.3 Å². The van der Waals surface area contributed by atoms with E-state index in [1.165, 1.54) is 24.8 Å². The van der Waals surface area contributed by atoms with Crippen molar-refractivity contribution in [1.82, 2.24) is 10.2 Å². The average molecular weight is 408 g/mol. The molecular formula is C18H31Cl2N3O3. The summed E-state index contributed by atoms with van der Waals surface area (Å²) in [4.78, 5) is 14.5. The molecule has 1 aromatic rings. The molecule has 0 radical (unpaired) electrons. The van der Waals surface area contributed by atoms with E-state index in [0.717, 1.165) is 18.8 Å². The van der Waals surface area contributed by atoms with E-state index in [4.69, 9.17) is 15.2 Å². The number of rotatable bonds is 8. The number of piperidine rings is 1. The molecule has 0 aliphatic carbocycles. The molecule has 2 rings (SSSR count). The molecule has 0 saturated carbocycles. The number of halogens is 2. The molecule has 150 valence electrons. The lowest BCUT2D eigenvalue weighted by atomic mass is 10.0. The van der Waals surface area contributed by atoms with Crippen LogP contribution >= 0.6 is 24.8 Å². The van der Waals surface area contributed by atoms with Crippen molar-refractivity contribution < 1.29 is 14.3 Å². The van der Waals surface area contributed by atoms with E-state index in [-0.39, 0.29) is 43.4 Å². The first kappa shape index (κ1) is 24.9. The second kappa shape index (κ2) is 13.2. The zero-order valence-electron chi connectivity index (χ0n) is 15.5. The number of nitrogens with zero attached hydrogens (tertiary/aromatic N) is 1. The first-order chi connectivity index (χ1) is 11.7. The Labute approximate surface area is 168 Å². The molecule has 0 bridgehead atoms. The molecule has 3 N–H and O–H groups in total. The van der Waals surface area contributed by atoms with Crippen molar-refractivity contribution in [3.63, 3.8) is 0 Å². The van der Waals surface area contributed by atoms with Gasteiger partial charge in [-0.2, -0.15) is 0 Å². The third-order valence-corrected chi connectivity index (χ3v) is 4.48. The van der Waals surface area contributed by atoms with Gasteiger partial charge in [0.15, 0.2) is 0 Å². The molecule has 1 heterocycles. The molecular weight excluding hydrogens is 377 g/mol. The highest BCUT2D eigenvalue weighted by Crippen LogP contribution is 2.25. The quantitative estimate of drug-likeness (QED) is 0.690. The van der Waals surface area contributed by atoms with Gasteiger partial charge in [0.25, 0.3) is 0 Å². The number of benzene rings is 1. The molecule has 1 aliphatic heterocycles. The summed E-state index contributed by atoms with van der Waals surface area (Å²) in [6.45, 7) is 2.87. The minimum Gasteiger partial charge on any atom is -0.497 e. The van der Waals surface area contributed by atoms with Crippen molar-refractivity contribution in [2.45, 2.75) is 31.3 Å². The maximum atomic E-state index is 12.1. The van der Waals surface area contributed by atoms with Crippen molar-refractivity contribution in [3.05, 3.63) is 29.8 Å². The normalized spacial score (nSPS) is 16.6. The molecule has 8 heteroatoms. The fourth-order valence-electron chi connectivity index (χ4n) is 3.10. The lowest BCUT2D eigenvalue weighted by Crippen LogP contribution is -2.47. The molecule has 1 amide bonds. The Hall–Kier alpha value is -1.05. The van der Waals surface area contributed by atoms with E-state index in [9.17, 15) is 4.79 Å². The summed E-state index contributed by atoms with van der Waals surface area (Å²) in [6.07, 6.45) is 3.67. The summed E-state index contributed by atoms with van der Waals surface area (Å²) in [6, 6.07) is 7.58. The maximum absolute atomic E-state index is 12.1. The Morgan fingerprint density at radius 3 is 2.31 bits per heavy atom. The van der Waals surface area contributed by atoms with Crippen LogP contribution in [0.5, 0.6) is 5.75 Å². The summed E-state index contributed by atoms with van der Waals surface area (Å²) in [5, 5.41) is 2.97. The SMILES string of the molecule is COCC(N)C(=O)NCC(c1ccc(OC)cc1)N1CCCCC1.Cl.Cl. The predicted molar refractivity (Wildman–Crippen MR) is 109 cm³/mol. The summed E-state index contributed by atoms with van der Waals surface area (Å²) in [5.74, 6) is 0.662. The minimum absolute atomic E-state index is 0. The number of amides is 1. The van der Waals surface area contributed by atoms with E-state index in [0.29, 0.717) is 6.54 Å².